The Balaban J connectivity index is 4.14. The third kappa shape index (κ3) is 4.02. The van der Waals surface area contributed by atoms with Crippen molar-refractivity contribution in [2.75, 3.05) is 20.6 Å². The molecule has 0 aliphatic heterocycles. The van der Waals surface area contributed by atoms with Gasteiger partial charge < -0.3 is 10.6 Å². The molecule has 2 amide bonds. The predicted octanol–water partition coefficient (Wildman–Crippen LogP) is -0.425. The van der Waals surface area contributed by atoms with Gasteiger partial charge in [0.1, 0.15) is 5.71 Å². The molecule has 0 atom stereocenters. The fourth-order valence-corrected chi connectivity index (χ4v) is 0.961. The van der Waals surface area contributed by atoms with Gasteiger partial charge in [-0.1, -0.05) is 13.8 Å². The van der Waals surface area contributed by atoms with Gasteiger partial charge in [-0.05, 0) is 0 Å². The van der Waals surface area contributed by atoms with Crippen LogP contribution in [0.4, 0.5) is 0 Å². The molecule has 0 aromatic rings. The molecule has 0 spiro atoms. The van der Waals surface area contributed by atoms with Crippen molar-refractivity contribution in [2.45, 2.75) is 13.8 Å². The summed E-state index contributed by atoms with van der Waals surface area (Å²) in [6.45, 7) is 3.74. The highest BCUT2D eigenvalue weighted by atomic mass is 16.2. The van der Waals surface area contributed by atoms with E-state index in [4.69, 9.17) is 0 Å². The highest BCUT2D eigenvalue weighted by Crippen LogP contribution is 1.96. The Morgan fingerprint density at radius 2 is 1.93 bits per heavy atom. The van der Waals surface area contributed by atoms with Gasteiger partial charge in [0.2, 0.25) is 5.91 Å². The number of carbonyl (C=O) groups is 2. The van der Waals surface area contributed by atoms with Gasteiger partial charge in [0.05, 0.1) is 6.54 Å². The first kappa shape index (κ1) is 12.6. The molecule has 0 saturated carbocycles. The third-order valence-corrected chi connectivity index (χ3v) is 1.71. The number of amides is 2. The average molecular weight is 199 g/mol. The summed E-state index contributed by atoms with van der Waals surface area (Å²) in [5, 5.41) is 4.90. The smallest absolute Gasteiger partial charge is 0.265 e. The molecule has 0 radical (unpaired) electrons. The number of hydrogen-bond donors (Lipinski definition) is 2. The molecule has 0 unspecified atom stereocenters. The van der Waals surface area contributed by atoms with E-state index in [9.17, 15) is 9.59 Å². The van der Waals surface area contributed by atoms with E-state index in [2.05, 4.69) is 15.6 Å². The Labute approximate surface area is 84.0 Å². The Morgan fingerprint density at radius 1 is 1.36 bits per heavy atom. The summed E-state index contributed by atoms with van der Waals surface area (Å²) in [7, 11) is 3.08. The topological polar surface area (TPSA) is 70.6 Å². The van der Waals surface area contributed by atoms with E-state index in [1.807, 2.05) is 13.8 Å². The van der Waals surface area contributed by atoms with Crippen LogP contribution >= 0.6 is 0 Å². The molecule has 5 nitrogen and oxygen atoms in total. The number of likely N-dealkylation sites (N-methyl/N-ethyl adjacent to an activating group) is 1. The van der Waals surface area contributed by atoms with Crippen molar-refractivity contribution in [3.63, 3.8) is 0 Å². The molecule has 0 fully saturated rings. The molecule has 2 N–H and O–H groups in total. The minimum atomic E-state index is -0.286. The van der Waals surface area contributed by atoms with Crippen LogP contribution in [0.25, 0.3) is 0 Å². The fourth-order valence-electron chi connectivity index (χ4n) is 0.961. The Hall–Kier alpha value is -1.39. The van der Waals surface area contributed by atoms with Gasteiger partial charge >= 0.3 is 0 Å². The van der Waals surface area contributed by atoms with Crippen LogP contribution in [-0.2, 0) is 9.59 Å². The molecular weight excluding hydrogens is 182 g/mol. The zero-order valence-electron chi connectivity index (χ0n) is 9.05. The molecular formula is C9H17N3O2. The van der Waals surface area contributed by atoms with Gasteiger partial charge in [0, 0.05) is 20.0 Å². The number of nitrogens with zero attached hydrogens (tertiary/aromatic N) is 1. The minimum Gasteiger partial charge on any atom is -0.358 e. The molecule has 0 aromatic carbocycles. The maximum absolute atomic E-state index is 11.4. The summed E-state index contributed by atoms with van der Waals surface area (Å²) in [5.74, 6) is -0.451. The molecule has 0 aromatic heterocycles. The molecule has 5 heteroatoms. The van der Waals surface area contributed by atoms with Crippen molar-refractivity contribution in [1.82, 2.24) is 10.6 Å². The molecule has 0 aliphatic carbocycles. The van der Waals surface area contributed by atoms with Crippen molar-refractivity contribution < 1.29 is 9.59 Å². The molecule has 80 valence electrons. The van der Waals surface area contributed by atoms with Crippen LogP contribution in [0.15, 0.2) is 4.99 Å². The molecule has 0 rings (SSSR count). The van der Waals surface area contributed by atoms with Crippen LogP contribution in [0.3, 0.4) is 0 Å². The van der Waals surface area contributed by atoms with Gasteiger partial charge in [0.25, 0.3) is 5.91 Å². The summed E-state index contributed by atoms with van der Waals surface area (Å²) >= 11 is 0. The molecule has 0 bridgehead atoms. The van der Waals surface area contributed by atoms with E-state index < -0.39 is 0 Å². The summed E-state index contributed by atoms with van der Waals surface area (Å²) in [6, 6.07) is 0. The number of aliphatic imine (C=N–C) groups is 1. The van der Waals surface area contributed by atoms with Crippen molar-refractivity contribution in [1.29, 1.82) is 0 Å². The monoisotopic (exact) mass is 199 g/mol. The highest BCUT2D eigenvalue weighted by molar-refractivity contribution is 6.39. The van der Waals surface area contributed by atoms with Crippen LogP contribution in [0.5, 0.6) is 0 Å². The second-order valence-electron chi connectivity index (χ2n) is 3.12. The number of carbonyl (C=O) groups excluding carboxylic acids is 2. The van der Waals surface area contributed by atoms with Crippen LogP contribution in [-0.4, -0.2) is 38.2 Å². The number of nitrogens with one attached hydrogen (secondary N) is 2. The summed E-state index contributed by atoms with van der Waals surface area (Å²) in [6.07, 6.45) is 0. The lowest BCUT2D eigenvalue weighted by atomic mass is 10.1. The van der Waals surface area contributed by atoms with E-state index in [0.717, 1.165) is 0 Å². The third-order valence-electron chi connectivity index (χ3n) is 1.71. The van der Waals surface area contributed by atoms with Crippen molar-refractivity contribution >= 4 is 17.5 Å². The van der Waals surface area contributed by atoms with E-state index in [1.54, 1.807) is 7.05 Å². The summed E-state index contributed by atoms with van der Waals surface area (Å²) < 4.78 is 0. The molecule has 0 aliphatic rings. The second kappa shape index (κ2) is 6.12. The Kier molecular flexibility index (Phi) is 5.52. The summed E-state index contributed by atoms with van der Waals surface area (Å²) in [5.41, 5.74) is 0.453. The quantitative estimate of drug-likeness (QED) is 0.603. The first-order chi connectivity index (χ1) is 6.52. The normalized spacial score (nSPS) is 11.4. The maximum Gasteiger partial charge on any atom is 0.265 e. The van der Waals surface area contributed by atoms with Crippen molar-refractivity contribution in [3.05, 3.63) is 0 Å². The van der Waals surface area contributed by atoms with Gasteiger partial charge in [-0.3, -0.25) is 14.6 Å². The van der Waals surface area contributed by atoms with Crippen molar-refractivity contribution in [3.8, 4) is 0 Å². The van der Waals surface area contributed by atoms with Gasteiger partial charge in [0.15, 0.2) is 0 Å². The maximum atomic E-state index is 11.4. The average Bonchev–Trinajstić information content (AvgIpc) is 2.14. The molecule has 0 heterocycles. The SMILES string of the molecule is CN=C(C(=O)NCC(=O)NC)C(C)C. The first-order valence-electron chi connectivity index (χ1n) is 4.48. The number of rotatable bonds is 4. The zero-order valence-corrected chi connectivity index (χ0v) is 9.05. The lowest BCUT2D eigenvalue weighted by Crippen LogP contribution is -2.40. The van der Waals surface area contributed by atoms with E-state index in [1.165, 1.54) is 7.05 Å². The Bertz CT molecular complexity index is 246. The predicted molar refractivity (Wildman–Crippen MR) is 55.3 cm³/mol. The largest absolute Gasteiger partial charge is 0.358 e. The lowest BCUT2D eigenvalue weighted by Gasteiger charge is -2.09. The van der Waals surface area contributed by atoms with Gasteiger partial charge in [-0.15, -0.1) is 0 Å². The fraction of sp³-hybridized carbons (Fsp3) is 0.667. The highest BCUT2D eigenvalue weighted by Gasteiger charge is 2.14. The van der Waals surface area contributed by atoms with Crippen LogP contribution in [0, 0.1) is 5.92 Å². The zero-order chi connectivity index (χ0) is 11.1. The van der Waals surface area contributed by atoms with Crippen LogP contribution in [0.1, 0.15) is 13.8 Å². The number of hydrogen-bond acceptors (Lipinski definition) is 3. The molecule has 14 heavy (non-hydrogen) atoms. The Morgan fingerprint density at radius 3 is 2.29 bits per heavy atom. The van der Waals surface area contributed by atoms with E-state index in [0.29, 0.717) is 5.71 Å². The summed E-state index contributed by atoms with van der Waals surface area (Å²) in [4.78, 5) is 26.1. The van der Waals surface area contributed by atoms with E-state index in [-0.39, 0.29) is 24.3 Å². The van der Waals surface area contributed by atoms with Crippen LogP contribution in [0.2, 0.25) is 0 Å². The van der Waals surface area contributed by atoms with E-state index >= 15 is 0 Å². The van der Waals surface area contributed by atoms with Crippen LogP contribution < -0.4 is 10.6 Å². The lowest BCUT2D eigenvalue weighted by molar-refractivity contribution is -0.123. The standard InChI is InChI=1S/C9H17N3O2/c1-6(2)8(11-4)9(14)12-5-7(13)10-3/h6H,5H2,1-4H3,(H,10,13)(H,12,14). The first-order valence-corrected chi connectivity index (χ1v) is 4.48. The van der Waals surface area contributed by atoms with Gasteiger partial charge in [-0.25, -0.2) is 0 Å². The van der Waals surface area contributed by atoms with Crippen molar-refractivity contribution in [2.24, 2.45) is 10.9 Å². The molecule has 0 saturated heterocycles. The second-order valence-corrected chi connectivity index (χ2v) is 3.12. The minimum absolute atomic E-state index is 0.0128. The van der Waals surface area contributed by atoms with Gasteiger partial charge in [-0.2, -0.15) is 0 Å².